The van der Waals surface area contributed by atoms with Gasteiger partial charge in [0.05, 0.1) is 10.6 Å². The third-order valence-electron chi connectivity index (χ3n) is 3.10. The third kappa shape index (κ3) is 2.20. The van der Waals surface area contributed by atoms with Crippen molar-refractivity contribution in [2.24, 2.45) is 4.99 Å². The fourth-order valence-electron chi connectivity index (χ4n) is 2.08. The smallest absolute Gasteiger partial charge is 0.328 e. The van der Waals surface area contributed by atoms with E-state index in [9.17, 15) is 24.8 Å². The molecule has 0 radical (unpaired) electrons. The lowest BCUT2D eigenvalue weighted by molar-refractivity contribution is -0.384. The molecular formula is C13H8N4O5. The van der Waals surface area contributed by atoms with Crippen molar-refractivity contribution in [1.82, 2.24) is 9.97 Å². The second kappa shape index (κ2) is 4.81. The van der Waals surface area contributed by atoms with Gasteiger partial charge in [0.2, 0.25) is 5.88 Å². The SMILES string of the molecule is O=c1[nH]c(O)c(/C=C2\C=Nc3ccc([N+](=O)[O-])cc32)c(=O)[nH]1. The summed E-state index contributed by atoms with van der Waals surface area (Å²) in [5, 5.41) is 20.5. The highest BCUT2D eigenvalue weighted by Gasteiger charge is 2.18. The first-order chi connectivity index (χ1) is 10.5. The zero-order chi connectivity index (χ0) is 15.9. The number of aromatic nitrogens is 2. The summed E-state index contributed by atoms with van der Waals surface area (Å²) in [5.74, 6) is -0.589. The minimum Gasteiger partial charge on any atom is -0.494 e. The summed E-state index contributed by atoms with van der Waals surface area (Å²) < 4.78 is 0. The number of fused-ring (bicyclic) bond motifs is 1. The lowest BCUT2D eigenvalue weighted by atomic mass is 10.0. The second-order valence-corrected chi connectivity index (χ2v) is 4.49. The van der Waals surface area contributed by atoms with E-state index in [-0.39, 0.29) is 11.3 Å². The van der Waals surface area contributed by atoms with E-state index < -0.39 is 22.1 Å². The van der Waals surface area contributed by atoms with E-state index in [1.807, 2.05) is 4.98 Å². The fourth-order valence-corrected chi connectivity index (χ4v) is 2.08. The molecule has 1 aliphatic rings. The van der Waals surface area contributed by atoms with Crippen LogP contribution < -0.4 is 11.2 Å². The lowest BCUT2D eigenvalue weighted by Gasteiger charge is -2.01. The van der Waals surface area contributed by atoms with Crippen LogP contribution in [-0.4, -0.2) is 26.2 Å². The van der Waals surface area contributed by atoms with Gasteiger partial charge in [-0.1, -0.05) is 0 Å². The van der Waals surface area contributed by atoms with E-state index in [0.29, 0.717) is 16.8 Å². The molecule has 2 aromatic rings. The first kappa shape index (κ1) is 13.5. The van der Waals surface area contributed by atoms with Crippen LogP contribution in [0.4, 0.5) is 11.4 Å². The van der Waals surface area contributed by atoms with Crippen LogP contribution in [-0.2, 0) is 0 Å². The Balaban J connectivity index is 2.16. The van der Waals surface area contributed by atoms with Crippen LogP contribution in [0.15, 0.2) is 32.8 Å². The Morgan fingerprint density at radius 1 is 1.27 bits per heavy atom. The highest BCUT2D eigenvalue weighted by Crippen LogP contribution is 2.35. The van der Waals surface area contributed by atoms with Crippen LogP contribution in [0, 0.1) is 10.1 Å². The molecule has 0 spiro atoms. The molecular weight excluding hydrogens is 292 g/mol. The van der Waals surface area contributed by atoms with Gasteiger partial charge in [0.15, 0.2) is 0 Å². The van der Waals surface area contributed by atoms with Gasteiger partial charge in [0.25, 0.3) is 11.2 Å². The Bertz CT molecular complexity index is 967. The molecule has 1 aromatic carbocycles. The number of hydrogen-bond donors (Lipinski definition) is 3. The van der Waals surface area contributed by atoms with Crippen molar-refractivity contribution < 1.29 is 10.0 Å². The first-order valence-electron chi connectivity index (χ1n) is 6.06. The maximum atomic E-state index is 11.7. The Labute approximate surface area is 121 Å². The molecule has 1 aromatic heterocycles. The number of aromatic amines is 2. The third-order valence-corrected chi connectivity index (χ3v) is 3.10. The normalized spacial score (nSPS) is 14.3. The van der Waals surface area contributed by atoms with Crippen LogP contribution >= 0.6 is 0 Å². The van der Waals surface area contributed by atoms with Crippen LogP contribution in [0.2, 0.25) is 0 Å². The first-order valence-corrected chi connectivity index (χ1v) is 6.06. The zero-order valence-corrected chi connectivity index (χ0v) is 10.9. The Kier molecular flexibility index (Phi) is 2.95. The van der Waals surface area contributed by atoms with Crippen molar-refractivity contribution in [2.75, 3.05) is 0 Å². The van der Waals surface area contributed by atoms with Gasteiger partial charge in [-0.2, -0.15) is 0 Å². The van der Waals surface area contributed by atoms with Gasteiger partial charge in [-0.05, 0) is 12.1 Å². The Hall–Kier alpha value is -3.49. The number of aromatic hydroxyl groups is 1. The Morgan fingerprint density at radius 3 is 2.73 bits per heavy atom. The molecule has 0 fully saturated rings. The van der Waals surface area contributed by atoms with Gasteiger partial charge in [0, 0.05) is 29.5 Å². The molecule has 0 amide bonds. The highest BCUT2D eigenvalue weighted by atomic mass is 16.6. The molecule has 0 saturated carbocycles. The summed E-state index contributed by atoms with van der Waals surface area (Å²) in [7, 11) is 0. The number of hydrogen-bond acceptors (Lipinski definition) is 6. The summed E-state index contributed by atoms with van der Waals surface area (Å²) in [4.78, 5) is 41.1. The van der Waals surface area contributed by atoms with E-state index in [0.717, 1.165) is 0 Å². The van der Waals surface area contributed by atoms with Gasteiger partial charge in [0.1, 0.15) is 5.56 Å². The van der Waals surface area contributed by atoms with Crippen LogP contribution in [0.1, 0.15) is 11.1 Å². The summed E-state index contributed by atoms with van der Waals surface area (Å²) in [6.45, 7) is 0. The van der Waals surface area contributed by atoms with Gasteiger partial charge in [-0.25, -0.2) is 4.79 Å². The molecule has 9 nitrogen and oxygen atoms in total. The largest absolute Gasteiger partial charge is 0.494 e. The fraction of sp³-hybridized carbons (Fsp3) is 0. The van der Waals surface area contributed by atoms with Gasteiger partial charge >= 0.3 is 5.69 Å². The average molecular weight is 300 g/mol. The number of rotatable bonds is 2. The number of nitrogens with one attached hydrogen (secondary N) is 2. The van der Waals surface area contributed by atoms with Gasteiger partial charge < -0.3 is 5.11 Å². The number of nitro groups is 1. The summed E-state index contributed by atoms with van der Waals surface area (Å²) in [5.41, 5.74) is -0.514. The summed E-state index contributed by atoms with van der Waals surface area (Å²) in [6.07, 6.45) is 2.71. The molecule has 1 aliphatic heterocycles. The van der Waals surface area contributed by atoms with Crippen LogP contribution in [0.5, 0.6) is 5.88 Å². The molecule has 0 unspecified atom stereocenters. The second-order valence-electron chi connectivity index (χ2n) is 4.49. The van der Waals surface area contributed by atoms with Gasteiger partial charge in [-0.3, -0.25) is 29.9 Å². The molecule has 0 atom stereocenters. The van der Waals surface area contributed by atoms with Crippen molar-refractivity contribution >= 4 is 29.2 Å². The van der Waals surface area contributed by atoms with Crippen molar-refractivity contribution in [1.29, 1.82) is 0 Å². The molecule has 3 rings (SSSR count). The minimum atomic E-state index is -0.833. The highest BCUT2D eigenvalue weighted by molar-refractivity contribution is 6.21. The standard InChI is InChI=1S/C13H8N4O5/c18-11-9(12(19)16-13(20)15-11)3-6-5-14-10-2-1-7(17(21)22)4-8(6)10/h1-5H,(H3,15,16,18,19,20)/b6-3+. The number of nitro benzene ring substituents is 1. The average Bonchev–Trinajstić information content (AvgIpc) is 2.85. The molecule has 3 N–H and O–H groups in total. The molecule has 22 heavy (non-hydrogen) atoms. The predicted molar refractivity (Wildman–Crippen MR) is 78.5 cm³/mol. The molecule has 2 heterocycles. The van der Waals surface area contributed by atoms with Crippen LogP contribution in [0.25, 0.3) is 11.6 Å². The summed E-state index contributed by atoms with van der Waals surface area (Å²) >= 11 is 0. The molecule has 9 heteroatoms. The van der Waals surface area contributed by atoms with Crippen LogP contribution in [0.3, 0.4) is 0 Å². The quantitative estimate of drug-likeness (QED) is 0.558. The van der Waals surface area contributed by atoms with Crippen molar-refractivity contribution in [3.8, 4) is 5.88 Å². The maximum absolute atomic E-state index is 11.7. The number of benzene rings is 1. The Morgan fingerprint density at radius 2 is 2.05 bits per heavy atom. The summed E-state index contributed by atoms with van der Waals surface area (Å²) in [6, 6.07) is 4.14. The molecule has 110 valence electrons. The van der Waals surface area contributed by atoms with E-state index in [2.05, 4.69) is 9.98 Å². The molecule has 0 aliphatic carbocycles. The van der Waals surface area contributed by atoms with E-state index in [1.165, 1.54) is 30.5 Å². The number of nitrogens with zero attached hydrogens (tertiary/aromatic N) is 2. The van der Waals surface area contributed by atoms with Gasteiger partial charge in [-0.15, -0.1) is 0 Å². The van der Waals surface area contributed by atoms with E-state index >= 15 is 0 Å². The zero-order valence-electron chi connectivity index (χ0n) is 10.9. The van der Waals surface area contributed by atoms with E-state index in [1.54, 1.807) is 0 Å². The topological polar surface area (TPSA) is 141 Å². The number of allylic oxidation sites excluding steroid dienone is 1. The number of non-ortho nitro benzene ring substituents is 1. The lowest BCUT2D eigenvalue weighted by Crippen LogP contribution is -2.23. The predicted octanol–water partition coefficient (Wildman–Crippen LogP) is 0.933. The molecule has 0 saturated heterocycles. The maximum Gasteiger partial charge on any atom is 0.328 e. The van der Waals surface area contributed by atoms with Crippen molar-refractivity contribution in [2.45, 2.75) is 0 Å². The van der Waals surface area contributed by atoms with E-state index in [4.69, 9.17) is 0 Å². The number of H-pyrrole nitrogens is 2. The minimum absolute atomic E-state index is 0.116. The van der Waals surface area contributed by atoms with Crippen molar-refractivity contribution in [3.05, 3.63) is 60.3 Å². The monoisotopic (exact) mass is 300 g/mol. The molecule has 0 bridgehead atoms. The number of aliphatic imine (C=N–C) groups is 1. The van der Waals surface area contributed by atoms with Crippen molar-refractivity contribution in [3.63, 3.8) is 0 Å².